The molecule has 2 aromatic carbocycles. The van der Waals surface area contributed by atoms with E-state index in [0.717, 1.165) is 42.5 Å². The fourth-order valence-electron chi connectivity index (χ4n) is 3.03. The summed E-state index contributed by atoms with van der Waals surface area (Å²) in [6.45, 7) is 5.75. The first-order valence-electron chi connectivity index (χ1n) is 7.86. The van der Waals surface area contributed by atoms with Crippen molar-refractivity contribution in [3.63, 3.8) is 0 Å². The summed E-state index contributed by atoms with van der Waals surface area (Å²) < 4.78 is 1.25. The fraction of sp³-hybridized carbons (Fsp3) is 0.278. The summed E-state index contributed by atoms with van der Waals surface area (Å²) in [5, 5.41) is 11.1. The van der Waals surface area contributed by atoms with Gasteiger partial charge in [0.05, 0.1) is 15.9 Å². The number of benzene rings is 2. The molecule has 2 heterocycles. The number of para-hydroxylation sites is 2. The Morgan fingerprint density at radius 1 is 1.00 bits per heavy atom. The highest BCUT2D eigenvalue weighted by atomic mass is 32.1. The average Bonchev–Trinajstić information content (AvgIpc) is 2.98. The fourth-order valence-corrected chi connectivity index (χ4v) is 4.14. The molecule has 3 aromatic rings. The zero-order valence-electron chi connectivity index (χ0n) is 13.1. The molecule has 4 rings (SSSR count). The lowest BCUT2D eigenvalue weighted by molar-refractivity contribution is 0.472. The number of phenols is 1. The number of thiazole rings is 1. The van der Waals surface area contributed by atoms with Crippen molar-refractivity contribution in [2.75, 3.05) is 36.0 Å². The third kappa shape index (κ3) is 2.72. The first kappa shape index (κ1) is 14.3. The summed E-state index contributed by atoms with van der Waals surface area (Å²) in [5.74, 6) is 0.358. The quantitative estimate of drug-likeness (QED) is 0.781. The Kier molecular flexibility index (Phi) is 3.58. The maximum absolute atomic E-state index is 10.0. The van der Waals surface area contributed by atoms with E-state index in [-0.39, 0.29) is 0 Å². The molecular formula is C18H19N3OS. The molecule has 0 saturated carbocycles. The lowest BCUT2D eigenvalue weighted by Crippen LogP contribution is -2.46. The van der Waals surface area contributed by atoms with Crippen LogP contribution in [0.5, 0.6) is 5.75 Å². The number of aromatic nitrogens is 1. The van der Waals surface area contributed by atoms with E-state index in [1.54, 1.807) is 17.4 Å². The van der Waals surface area contributed by atoms with Gasteiger partial charge >= 0.3 is 0 Å². The van der Waals surface area contributed by atoms with Crippen molar-refractivity contribution < 1.29 is 5.11 Å². The molecule has 0 unspecified atom stereocenters. The van der Waals surface area contributed by atoms with E-state index in [4.69, 9.17) is 4.98 Å². The van der Waals surface area contributed by atoms with E-state index in [2.05, 4.69) is 34.9 Å². The molecule has 23 heavy (non-hydrogen) atoms. The molecule has 1 aliphatic rings. The van der Waals surface area contributed by atoms with Crippen LogP contribution < -0.4 is 9.80 Å². The smallest absolute Gasteiger partial charge is 0.186 e. The molecule has 1 aromatic heterocycles. The second-order valence-corrected chi connectivity index (χ2v) is 6.94. The summed E-state index contributed by atoms with van der Waals surface area (Å²) in [7, 11) is 0. The number of rotatable bonds is 2. The number of hydrogen-bond donors (Lipinski definition) is 1. The number of fused-ring (bicyclic) bond motifs is 1. The first-order chi connectivity index (χ1) is 11.2. The summed E-state index contributed by atoms with van der Waals surface area (Å²) >= 11 is 1.77. The van der Waals surface area contributed by atoms with Crippen molar-refractivity contribution in [2.45, 2.75) is 6.92 Å². The predicted octanol–water partition coefficient (Wildman–Crippen LogP) is 3.64. The third-order valence-electron chi connectivity index (χ3n) is 4.31. The summed E-state index contributed by atoms with van der Waals surface area (Å²) in [4.78, 5) is 9.35. The van der Waals surface area contributed by atoms with Crippen LogP contribution in [0.3, 0.4) is 0 Å². The van der Waals surface area contributed by atoms with Gasteiger partial charge in [0.15, 0.2) is 5.13 Å². The minimum absolute atomic E-state index is 0.358. The van der Waals surface area contributed by atoms with Crippen LogP contribution in [0.1, 0.15) is 5.56 Å². The number of piperazine rings is 1. The second-order valence-electron chi connectivity index (χ2n) is 5.93. The second kappa shape index (κ2) is 5.74. The molecule has 1 aliphatic heterocycles. The molecule has 118 valence electrons. The lowest BCUT2D eigenvalue weighted by atomic mass is 10.2. The number of anilines is 2. The molecule has 0 amide bonds. The molecule has 5 heteroatoms. The van der Waals surface area contributed by atoms with Crippen LogP contribution >= 0.6 is 11.3 Å². The van der Waals surface area contributed by atoms with E-state index in [1.165, 1.54) is 10.3 Å². The van der Waals surface area contributed by atoms with Crippen molar-refractivity contribution in [3.8, 4) is 5.75 Å². The Balaban J connectivity index is 1.51. The van der Waals surface area contributed by atoms with Gasteiger partial charge in [0.25, 0.3) is 0 Å². The molecule has 0 spiro atoms. The topological polar surface area (TPSA) is 39.6 Å². The van der Waals surface area contributed by atoms with Gasteiger partial charge in [-0.1, -0.05) is 29.5 Å². The van der Waals surface area contributed by atoms with E-state index in [9.17, 15) is 5.11 Å². The van der Waals surface area contributed by atoms with Crippen molar-refractivity contribution in [2.24, 2.45) is 0 Å². The minimum atomic E-state index is 0.358. The van der Waals surface area contributed by atoms with E-state index in [0.29, 0.717) is 5.75 Å². The lowest BCUT2D eigenvalue weighted by Gasteiger charge is -2.36. The summed E-state index contributed by atoms with van der Waals surface area (Å²) in [6, 6.07) is 14.0. The molecule has 0 aliphatic carbocycles. The Hall–Kier alpha value is -2.27. The molecule has 0 radical (unpaired) electrons. The monoisotopic (exact) mass is 325 g/mol. The summed E-state index contributed by atoms with van der Waals surface area (Å²) in [5.41, 5.74) is 3.28. The Morgan fingerprint density at radius 2 is 1.74 bits per heavy atom. The first-order valence-corrected chi connectivity index (χ1v) is 8.67. The van der Waals surface area contributed by atoms with Gasteiger partial charge < -0.3 is 14.9 Å². The molecular weight excluding hydrogens is 306 g/mol. The molecule has 1 N–H and O–H groups in total. The van der Waals surface area contributed by atoms with Crippen LogP contribution in [0.4, 0.5) is 10.8 Å². The molecule has 1 saturated heterocycles. The Bertz CT molecular complexity index is 837. The zero-order valence-corrected chi connectivity index (χ0v) is 13.9. The van der Waals surface area contributed by atoms with Crippen molar-refractivity contribution in [3.05, 3.63) is 48.0 Å². The third-order valence-corrected chi connectivity index (χ3v) is 5.38. The maximum Gasteiger partial charge on any atom is 0.186 e. The highest BCUT2D eigenvalue weighted by Crippen LogP contribution is 2.32. The van der Waals surface area contributed by atoms with Crippen LogP contribution in [0.15, 0.2) is 42.5 Å². The van der Waals surface area contributed by atoms with Crippen molar-refractivity contribution in [1.82, 2.24) is 4.98 Å². The van der Waals surface area contributed by atoms with E-state index < -0.39 is 0 Å². The van der Waals surface area contributed by atoms with Crippen LogP contribution in [0.25, 0.3) is 10.2 Å². The normalized spacial score (nSPS) is 15.3. The van der Waals surface area contributed by atoms with Gasteiger partial charge in [0.1, 0.15) is 5.75 Å². The van der Waals surface area contributed by atoms with Crippen LogP contribution in [0, 0.1) is 6.92 Å². The Morgan fingerprint density at radius 3 is 2.52 bits per heavy atom. The van der Waals surface area contributed by atoms with Crippen molar-refractivity contribution >= 4 is 32.4 Å². The predicted molar refractivity (Wildman–Crippen MR) is 96.9 cm³/mol. The van der Waals surface area contributed by atoms with Gasteiger partial charge in [-0.15, -0.1) is 0 Å². The number of aryl methyl sites for hydroxylation is 1. The number of hydrogen-bond acceptors (Lipinski definition) is 5. The average molecular weight is 325 g/mol. The largest absolute Gasteiger partial charge is 0.506 e. The van der Waals surface area contributed by atoms with Gasteiger partial charge in [-0.2, -0.15) is 0 Å². The van der Waals surface area contributed by atoms with E-state index in [1.807, 2.05) is 18.2 Å². The zero-order chi connectivity index (χ0) is 15.8. The standard InChI is InChI=1S/C18H19N3OS/c1-13-6-7-14-17(12-13)23-18(19-14)21-10-8-20(9-11-21)15-4-2-3-5-16(15)22/h2-7,12,22H,8-11H2,1H3. The highest BCUT2D eigenvalue weighted by molar-refractivity contribution is 7.22. The highest BCUT2D eigenvalue weighted by Gasteiger charge is 2.21. The number of aromatic hydroxyl groups is 1. The molecule has 1 fully saturated rings. The van der Waals surface area contributed by atoms with Crippen LogP contribution in [0.2, 0.25) is 0 Å². The van der Waals surface area contributed by atoms with Crippen LogP contribution in [-0.4, -0.2) is 36.3 Å². The van der Waals surface area contributed by atoms with Crippen molar-refractivity contribution in [1.29, 1.82) is 0 Å². The minimum Gasteiger partial charge on any atom is -0.506 e. The van der Waals surface area contributed by atoms with Gasteiger partial charge in [-0.05, 0) is 36.8 Å². The molecule has 0 bridgehead atoms. The van der Waals surface area contributed by atoms with Gasteiger partial charge in [-0.25, -0.2) is 4.98 Å². The van der Waals surface area contributed by atoms with Crippen LogP contribution in [-0.2, 0) is 0 Å². The van der Waals surface area contributed by atoms with Gasteiger partial charge in [0.2, 0.25) is 0 Å². The molecule has 0 atom stereocenters. The maximum atomic E-state index is 10.0. The molecule has 4 nitrogen and oxygen atoms in total. The number of nitrogens with zero attached hydrogens (tertiary/aromatic N) is 3. The van der Waals surface area contributed by atoms with Gasteiger partial charge in [-0.3, -0.25) is 0 Å². The SMILES string of the molecule is Cc1ccc2nc(N3CCN(c4ccccc4O)CC3)sc2c1. The Labute approximate surface area is 139 Å². The van der Waals surface area contributed by atoms with Gasteiger partial charge in [0, 0.05) is 26.2 Å². The summed E-state index contributed by atoms with van der Waals surface area (Å²) in [6.07, 6.45) is 0. The van der Waals surface area contributed by atoms with E-state index >= 15 is 0 Å². The number of phenolic OH excluding ortho intramolecular Hbond substituents is 1.